The molecule has 0 saturated heterocycles. The zero-order valence-corrected chi connectivity index (χ0v) is 33.9. The van der Waals surface area contributed by atoms with Crippen molar-refractivity contribution in [1.82, 2.24) is 0 Å². The molecule has 0 aromatic rings. The Morgan fingerprint density at radius 2 is 1.64 bits per heavy atom. The van der Waals surface area contributed by atoms with Crippen molar-refractivity contribution in [3.63, 3.8) is 0 Å². The van der Waals surface area contributed by atoms with Crippen LogP contribution in [0.15, 0.2) is 23.8 Å². The number of rotatable bonds is 12. The molecule has 260 valence electrons. The van der Waals surface area contributed by atoms with E-state index in [1.54, 1.807) is 0 Å². The lowest BCUT2D eigenvalue weighted by molar-refractivity contribution is -0.143. The minimum atomic E-state index is -1.97. The lowest BCUT2D eigenvalue weighted by atomic mass is 9.58. The highest BCUT2D eigenvalue weighted by atomic mass is 28.4. The molecule has 6 heteroatoms. The fraction of sp³-hybridized carbons (Fsp3) is 0.872. The van der Waals surface area contributed by atoms with Crippen LogP contribution in [0.1, 0.15) is 133 Å². The van der Waals surface area contributed by atoms with E-state index in [4.69, 9.17) is 20.2 Å². The number of carbonyl (C=O) groups is 1. The average molecular weight is 661 g/mol. The van der Waals surface area contributed by atoms with Gasteiger partial charge in [-0.3, -0.25) is 4.79 Å². The summed E-state index contributed by atoms with van der Waals surface area (Å²) < 4.78 is 19.4. The summed E-state index contributed by atoms with van der Waals surface area (Å²) in [5.74, 6) is 2.91. The fourth-order valence-electron chi connectivity index (χ4n) is 8.49. The number of hydrogen-bond donors (Lipinski definition) is 0. The third-order valence-corrected chi connectivity index (χ3v) is 22.3. The standard InChI is InChI=1S/C39H72O4Si2/c1-15-41-36(40)20-16-18-28(2)33-23-24-34-30(19-17-25-39(33,34)10)21-22-31-26-32(42-44(11,12)37(4,5)6)27-35(29(31)3)43-45(13,14)38(7,8)9/h22,28,30,32-35H,3,15-21,23-27H2,1-2,4-14H3/b31-22-/t28?,30?,32?,33?,34-,35?,39+/m0/s1. The molecule has 3 saturated carbocycles. The average Bonchev–Trinajstić information content (AvgIpc) is 3.25. The van der Waals surface area contributed by atoms with E-state index < -0.39 is 16.6 Å². The Labute approximate surface area is 281 Å². The number of carbonyl (C=O) groups excluding carboxylic acids is 1. The van der Waals surface area contributed by atoms with Gasteiger partial charge in [0.15, 0.2) is 16.6 Å². The van der Waals surface area contributed by atoms with E-state index in [-0.39, 0.29) is 28.3 Å². The SMILES string of the molecule is C=C1/C(=C\CC2CCC[C@]3(C)C(C(C)CCCC(=O)OCC)CC[C@@H]23)CC(O[Si](C)(C)C(C)(C)C)CC1O[Si](C)(C)C(C)(C)C. The predicted molar refractivity (Wildman–Crippen MR) is 197 cm³/mol. The van der Waals surface area contributed by atoms with Crippen LogP contribution in [0.5, 0.6) is 0 Å². The van der Waals surface area contributed by atoms with Crippen molar-refractivity contribution in [2.45, 2.75) is 181 Å². The van der Waals surface area contributed by atoms with Gasteiger partial charge in [-0.2, -0.15) is 0 Å². The molecule has 3 aliphatic rings. The number of ether oxygens (including phenoxy) is 1. The lowest BCUT2D eigenvalue weighted by Crippen LogP contribution is -2.49. The monoisotopic (exact) mass is 660 g/mol. The maximum atomic E-state index is 11.9. The first-order valence-electron chi connectivity index (χ1n) is 18.5. The van der Waals surface area contributed by atoms with E-state index in [2.05, 4.69) is 87.7 Å². The van der Waals surface area contributed by atoms with Crippen molar-refractivity contribution >= 4 is 22.6 Å². The summed E-state index contributed by atoms with van der Waals surface area (Å²) in [5, 5.41) is 0.342. The quantitative estimate of drug-likeness (QED) is 0.154. The summed E-state index contributed by atoms with van der Waals surface area (Å²) in [6.45, 7) is 35.7. The summed E-state index contributed by atoms with van der Waals surface area (Å²) in [6.07, 6.45) is 15.2. The van der Waals surface area contributed by atoms with Gasteiger partial charge in [0, 0.05) is 12.8 Å². The van der Waals surface area contributed by atoms with Crippen LogP contribution in [0.3, 0.4) is 0 Å². The van der Waals surface area contributed by atoms with Gasteiger partial charge < -0.3 is 13.6 Å². The lowest BCUT2D eigenvalue weighted by Gasteiger charge is -2.47. The van der Waals surface area contributed by atoms with Crippen LogP contribution in [-0.4, -0.2) is 41.4 Å². The summed E-state index contributed by atoms with van der Waals surface area (Å²) in [6, 6.07) is 0. The maximum absolute atomic E-state index is 11.9. The molecule has 7 atom stereocenters. The van der Waals surface area contributed by atoms with E-state index in [0.29, 0.717) is 24.4 Å². The molecule has 0 bridgehead atoms. The van der Waals surface area contributed by atoms with E-state index in [1.165, 1.54) is 43.3 Å². The molecule has 4 nitrogen and oxygen atoms in total. The highest BCUT2D eigenvalue weighted by molar-refractivity contribution is 6.74. The fourth-order valence-corrected chi connectivity index (χ4v) is 11.2. The molecule has 3 rings (SSSR count). The van der Waals surface area contributed by atoms with Crippen LogP contribution < -0.4 is 0 Å². The van der Waals surface area contributed by atoms with Crippen molar-refractivity contribution in [2.75, 3.05) is 6.61 Å². The second-order valence-electron chi connectivity index (χ2n) is 18.4. The van der Waals surface area contributed by atoms with Crippen LogP contribution in [0, 0.1) is 29.1 Å². The molecule has 0 spiro atoms. The van der Waals surface area contributed by atoms with Gasteiger partial charge in [-0.05, 0) is 135 Å². The van der Waals surface area contributed by atoms with E-state index >= 15 is 0 Å². The smallest absolute Gasteiger partial charge is 0.305 e. The Kier molecular flexibility index (Phi) is 12.8. The van der Waals surface area contributed by atoms with Crippen LogP contribution >= 0.6 is 0 Å². The molecule has 0 aromatic carbocycles. The van der Waals surface area contributed by atoms with Gasteiger partial charge in [-0.25, -0.2) is 0 Å². The van der Waals surface area contributed by atoms with Gasteiger partial charge in [0.25, 0.3) is 0 Å². The summed E-state index contributed by atoms with van der Waals surface area (Å²) in [5.41, 5.74) is 3.03. The highest BCUT2D eigenvalue weighted by Gasteiger charge is 2.52. The molecule has 45 heavy (non-hydrogen) atoms. The molecule has 0 radical (unpaired) electrons. The summed E-state index contributed by atoms with van der Waals surface area (Å²) in [4.78, 5) is 11.9. The molecule has 0 amide bonds. The zero-order valence-electron chi connectivity index (χ0n) is 31.9. The second-order valence-corrected chi connectivity index (χ2v) is 27.9. The minimum Gasteiger partial charge on any atom is -0.466 e. The number of allylic oxidation sites excluding steroid dienone is 1. The van der Waals surface area contributed by atoms with Gasteiger partial charge in [0.1, 0.15) is 0 Å². The van der Waals surface area contributed by atoms with Crippen molar-refractivity contribution in [3.05, 3.63) is 23.8 Å². The minimum absolute atomic E-state index is 0.0378. The molecular weight excluding hydrogens is 589 g/mol. The number of esters is 1. The van der Waals surface area contributed by atoms with Crippen molar-refractivity contribution in [1.29, 1.82) is 0 Å². The topological polar surface area (TPSA) is 44.8 Å². The van der Waals surface area contributed by atoms with Crippen LogP contribution in [-0.2, 0) is 18.4 Å². The first kappa shape index (κ1) is 38.7. The zero-order chi connectivity index (χ0) is 34.0. The molecule has 0 aliphatic heterocycles. The molecule has 0 N–H and O–H groups in total. The number of hydrogen-bond acceptors (Lipinski definition) is 4. The summed E-state index contributed by atoms with van der Waals surface area (Å²) in [7, 11) is -3.89. The van der Waals surface area contributed by atoms with Crippen molar-refractivity contribution in [3.8, 4) is 0 Å². The molecule has 3 fully saturated rings. The van der Waals surface area contributed by atoms with Gasteiger partial charge in [0.05, 0.1) is 18.8 Å². The highest BCUT2D eigenvalue weighted by Crippen LogP contribution is 2.60. The predicted octanol–water partition coefficient (Wildman–Crippen LogP) is 11.6. The van der Waals surface area contributed by atoms with Gasteiger partial charge >= 0.3 is 5.97 Å². The van der Waals surface area contributed by atoms with Crippen LogP contribution in [0.25, 0.3) is 0 Å². The Hall–Kier alpha value is -0.696. The molecule has 0 aromatic heterocycles. The largest absolute Gasteiger partial charge is 0.466 e. The van der Waals surface area contributed by atoms with Gasteiger partial charge in [-0.15, -0.1) is 0 Å². The van der Waals surface area contributed by atoms with Gasteiger partial charge in [-0.1, -0.05) is 74.5 Å². The Morgan fingerprint density at radius 1 is 1.02 bits per heavy atom. The van der Waals surface area contributed by atoms with Crippen molar-refractivity contribution in [2.24, 2.45) is 29.1 Å². The van der Waals surface area contributed by atoms with Crippen molar-refractivity contribution < 1.29 is 18.4 Å². The third-order valence-electron chi connectivity index (χ3n) is 13.3. The van der Waals surface area contributed by atoms with E-state index in [0.717, 1.165) is 49.9 Å². The Bertz CT molecular complexity index is 1050. The third kappa shape index (κ3) is 9.26. The molecule has 0 heterocycles. The van der Waals surface area contributed by atoms with Crippen LogP contribution in [0.2, 0.25) is 36.3 Å². The first-order chi connectivity index (χ1) is 20.6. The van der Waals surface area contributed by atoms with Crippen LogP contribution in [0.4, 0.5) is 0 Å². The Morgan fingerprint density at radius 3 is 2.24 bits per heavy atom. The first-order valence-corrected chi connectivity index (χ1v) is 24.3. The Balaban J connectivity index is 1.77. The normalized spacial score (nSPS) is 31.6. The van der Waals surface area contributed by atoms with E-state index in [1.807, 2.05) is 6.92 Å². The van der Waals surface area contributed by atoms with Gasteiger partial charge in [0.2, 0.25) is 0 Å². The van der Waals surface area contributed by atoms with E-state index in [9.17, 15) is 4.79 Å². The molecule has 3 aliphatic carbocycles. The summed E-state index contributed by atoms with van der Waals surface area (Å²) >= 11 is 0. The number of fused-ring (bicyclic) bond motifs is 1. The molecular formula is C39H72O4Si2. The maximum Gasteiger partial charge on any atom is 0.305 e. The molecule has 5 unspecified atom stereocenters. The second kappa shape index (κ2) is 14.8.